The average Bonchev–Trinajstić information content (AvgIpc) is 2.80. The summed E-state index contributed by atoms with van der Waals surface area (Å²) in [4.78, 5) is 28.1. The van der Waals surface area contributed by atoms with Gasteiger partial charge < -0.3 is 5.32 Å². The monoisotopic (exact) mass is 419 g/mol. The van der Waals surface area contributed by atoms with Crippen LogP contribution in [0.4, 0.5) is 10.2 Å². The maximum Gasteiger partial charge on any atom is 0.228 e. The van der Waals surface area contributed by atoms with Gasteiger partial charge in [0.1, 0.15) is 12.0 Å². The van der Waals surface area contributed by atoms with E-state index < -0.39 is 6.17 Å². The van der Waals surface area contributed by atoms with Gasteiger partial charge in [-0.2, -0.15) is 0 Å². The number of benzene rings is 1. The molecular weight excluding hydrogens is 393 g/mol. The minimum atomic E-state index is -0.779. The van der Waals surface area contributed by atoms with E-state index in [9.17, 15) is 9.18 Å². The lowest BCUT2D eigenvalue weighted by Gasteiger charge is -2.35. The number of hydrogen-bond acceptors (Lipinski definition) is 5. The number of pyridine rings is 1. The molecule has 160 valence electrons. The van der Waals surface area contributed by atoms with Gasteiger partial charge in [-0.05, 0) is 24.3 Å². The Morgan fingerprint density at radius 3 is 2.68 bits per heavy atom. The molecule has 1 amide bonds. The Morgan fingerprint density at radius 2 is 1.94 bits per heavy atom. The topological polar surface area (TPSA) is 71.0 Å². The molecule has 0 atom stereocenters. The van der Waals surface area contributed by atoms with E-state index in [0.29, 0.717) is 25.5 Å². The number of nitrogens with one attached hydrogen (secondary N) is 1. The number of rotatable bonds is 5. The molecule has 3 heterocycles. The van der Waals surface area contributed by atoms with E-state index in [1.807, 2.05) is 17.0 Å². The highest BCUT2D eigenvalue weighted by Crippen LogP contribution is 2.32. The van der Waals surface area contributed by atoms with Gasteiger partial charge in [-0.15, -0.1) is 0 Å². The lowest BCUT2D eigenvalue weighted by Crippen LogP contribution is -2.47. The van der Waals surface area contributed by atoms with Crippen LogP contribution in [0.5, 0.6) is 0 Å². The number of anilines is 1. The van der Waals surface area contributed by atoms with Gasteiger partial charge in [0.05, 0.1) is 11.9 Å². The van der Waals surface area contributed by atoms with E-state index in [1.165, 1.54) is 6.42 Å². The first-order valence-corrected chi connectivity index (χ1v) is 11.0. The van der Waals surface area contributed by atoms with Crippen molar-refractivity contribution in [2.24, 2.45) is 5.92 Å². The van der Waals surface area contributed by atoms with Crippen LogP contribution in [-0.2, 0) is 11.3 Å². The lowest BCUT2D eigenvalue weighted by molar-refractivity contribution is -0.120. The van der Waals surface area contributed by atoms with Gasteiger partial charge in [-0.1, -0.05) is 31.4 Å². The average molecular weight is 420 g/mol. The molecule has 31 heavy (non-hydrogen) atoms. The summed E-state index contributed by atoms with van der Waals surface area (Å²) in [6, 6.07) is 6.08. The molecule has 1 N–H and O–H groups in total. The van der Waals surface area contributed by atoms with Gasteiger partial charge in [0.2, 0.25) is 5.91 Å². The van der Waals surface area contributed by atoms with E-state index >= 15 is 0 Å². The molecule has 0 unspecified atom stereocenters. The maximum atomic E-state index is 13.5. The van der Waals surface area contributed by atoms with Crippen molar-refractivity contribution in [3.63, 3.8) is 0 Å². The van der Waals surface area contributed by atoms with Crippen LogP contribution in [0.2, 0.25) is 0 Å². The zero-order valence-electron chi connectivity index (χ0n) is 17.4. The number of likely N-dealkylation sites (tertiary alicyclic amines) is 1. The number of carbonyl (C=O) groups is 1. The molecule has 0 spiro atoms. The molecule has 0 bridgehead atoms. The van der Waals surface area contributed by atoms with Crippen LogP contribution in [0.15, 0.2) is 43.0 Å². The molecule has 1 saturated carbocycles. The second kappa shape index (κ2) is 8.67. The number of halogens is 1. The SMILES string of the molecule is O=C(Nc1ncc2ccc(-c3cnccn3)cc2c1CN1CC(F)C1)C1CCCCC1. The summed E-state index contributed by atoms with van der Waals surface area (Å²) < 4.78 is 13.5. The van der Waals surface area contributed by atoms with Crippen molar-refractivity contribution < 1.29 is 9.18 Å². The van der Waals surface area contributed by atoms with Crippen molar-refractivity contribution in [3.05, 3.63) is 48.5 Å². The molecule has 1 saturated heterocycles. The Morgan fingerprint density at radius 1 is 1.10 bits per heavy atom. The van der Waals surface area contributed by atoms with Gasteiger partial charge in [-0.25, -0.2) is 9.37 Å². The van der Waals surface area contributed by atoms with Crippen molar-refractivity contribution in [1.29, 1.82) is 0 Å². The maximum absolute atomic E-state index is 13.5. The number of hydrogen-bond donors (Lipinski definition) is 1. The molecule has 1 aromatic carbocycles. The number of amides is 1. The van der Waals surface area contributed by atoms with Gasteiger partial charge in [-0.3, -0.25) is 19.7 Å². The summed E-state index contributed by atoms with van der Waals surface area (Å²) in [6.07, 6.45) is 11.3. The van der Waals surface area contributed by atoms with Crippen LogP contribution in [-0.4, -0.2) is 45.0 Å². The second-order valence-corrected chi connectivity index (χ2v) is 8.59. The summed E-state index contributed by atoms with van der Waals surface area (Å²) in [5.41, 5.74) is 2.66. The van der Waals surface area contributed by atoms with Gasteiger partial charge in [0.25, 0.3) is 0 Å². The largest absolute Gasteiger partial charge is 0.310 e. The molecule has 5 rings (SSSR count). The van der Waals surface area contributed by atoms with E-state index in [1.54, 1.807) is 24.8 Å². The minimum absolute atomic E-state index is 0.0456. The zero-order chi connectivity index (χ0) is 21.2. The van der Waals surface area contributed by atoms with Crippen molar-refractivity contribution >= 4 is 22.5 Å². The third-order valence-electron chi connectivity index (χ3n) is 6.37. The van der Waals surface area contributed by atoms with Gasteiger partial charge in [0, 0.05) is 60.7 Å². The first kappa shape index (κ1) is 20.0. The van der Waals surface area contributed by atoms with E-state index in [0.717, 1.165) is 53.3 Å². The first-order chi connectivity index (χ1) is 15.2. The minimum Gasteiger partial charge on any atom is -0.310 e. The summed E-state index contributed by atoms with van der Waals surface area (Å²) >= 11 is 0. The molecule has 1 aliphatic heterocycles. The smallest absolute Gasteiger partial charge is 0.228 e. The number of aromatic nitrogens is 3. The summed E-state index contributed by atoms with van der Waals surface area (Å²) in [5, 5.41) is 5.08. The van der Waals surface area contributed by atoms with Crippen LogP contribution >= 0.6 is 0 Å². The second-order valence-electron chi connectivity index (χ2n) is 8.59. The zero-order valence-corrected chi connectivity index (χ0v) is 17.4. The third kappa shape index (κ3) is 4.28. The molecule has 7 heteroatoms. The Hall–Kier alpha value is -2.93. The van der Waals surface area contributed by atoms with E-state index in [2.05, 4.69) is 26.3 Å². The van der Waals surface area contributed by atoms with Crippen molar-refractivity contribution in [2.75, 3.05) is 18.4 Å². The molecular formula is C24H26FN5O. The van der Waals surface area contributed by atoms with Gasteiger partial charge >= 0.3 is 0 Å². The Kier molecular flexibility index (Phi) is 5.59. The molecule has 3 aromatic rings. The lowest BCUT2D eigenvalue weighted by atomic mass is 9.88. The van der Waals surface area contributed by atoms with Gasteiger partial charge in [0.15, 0.2) is 0 Å². The van der Waals surface area contributed by atoms with Crippen LogP contribution in [0.25, 0.3) is 22.0 Å². The predicted molar refractivity (Wildman–Crippen MR) is 118 cm³/mol. The highest BCUT2D eigenvalue weighted by atomic mass is 19.1. The van der Waals surface area contributed by atoms with Crippen molar-refractivity contribution in [1.82, 2.24) is 19.9 Å². The van der Waals surface area contributed by atoms with Crippen molar-refractivity contribution in [2.45, 2.75) is 44.8 Å². The van der Waals surface area contributed by atoms with Crippen LogP contribution in [0.3, 0.4) is 0 Å². The highest BCUT2D eigenvalue weighted by molar-refractivity contribution is 5.97. The Balaban J connectivity index is 1.52. The predicted octanol–water partition coefficient (Wildman–Crippen LogP) is 4.36. The Labute approximate surface area is 180 Å². The summed E-state index contributed by atoms with van der Waals surface area (Å²) in [5.74, 6) is 0.677. The number of carbonyl (C=O) groups excluding carboxylic acids is 1. The van der Waals surface area contributed by atoms with Crippen LogP contribution < -0.4 is 5.32 Å². The molecule has 2 aromatic heterocycles. The van der Waals surface area contributed by atoms with E-state index in [-0.39, 0.29) is 11.8 Å². The number of fused-ring (bicyclic) bond motifs is 1. The fraction of sp³-hybridized carbons (Fsp3) is 0.417. The highest BCUT2D eigenvalue weighted by Gasteiger charge is 2.28. The molecule has 0 radical (unpaired) electrons. The standard InChI is InChI=1S/C24H26FN5O/c25-19-13-30(14-19)15-21-20-10-17(22-12-26-8-9-27-22)6-7-18(20)11-28-23(21)29-24(31)16-4-2-1-3-5-16/h6-12,16,19H,1-5,13-15H2,(H,28,29,31). The normalized spacial score (nSPS) is 18.1. The fourth-order valence-corrected chi connectivity index (χ4v) is 4.59. The summed E-state index contributed by atoms with van der Waals surface area (Å²) in [6.45, 7) is 1.38. The Bertz CT molecular complexity index is 1080. The molecule has 2 aliphatic rings. The quantitative estimate of drug-likeness (QED) is 0.665. The van der Waals surface area contributed by atoms with Crippen LogP contribution in [0.1, 0.15) is 37.7 Å². The first-order valence-electron chi connectivity index (χ1n) is 11.0. The number of alkyl halides is 1. The third-order valence-corrected chi connectivity index (χ3v) is 6.37. The number of nitrogens with zero attached hydrogens (tertiary/aromatic N) is 4. The fourth-order valence-electron chi connectivity index (χ4n) is 4.59. The summed E-state index contributed by atoms with van der Waals surface area (Å²) in [7, 11) is 0. The van der Waals surface area contributed by atoms with Crippen molar-refractivity contribution in [3.8, 4) is 11.3 Å². The van der Waals surface area contributed by atoms with Crippen LogP contribution in [0, 0.1) is 5.92 Å². The molecule has 2 fully saturated rings. The van der Waals surface area contributed by atoms with E-state index in [4.69, 9.17) is 0 Å². The molecule has 6 nitrogen and oxygen atoms in total. The molecule has 1 aliphatic carbocycles.